The Kier molecular flexibility index (Phi) is 6.80. The molecule has 1 aromatic carbocycles. The second-order valence-electron chi connectivity index (χ2n) is 8.79. The number of nitrogen functional groups attached to an aromatic ring is 1. The lowest BCUT2D eigenvalue weighted by Crippen LogP contribution is -2.29. The van der Waals surface area contributed by atoms with Crippen LogP contribution in [0.4, 0.5) is 5.82 Å². The third-order valence-corrected chi connectivity index (χ3v) is 5.10. The SMILES string of the molecule is Cc1ccc(-c2c(CC(C#N)C(=O)OC(C)(C)C)n(CCCO)c3ncnc(N)c23)cc1. The highest BCUT2D eigenvalue weighted by Gasteiger charge is 2.30. The molecule has 0 aliphatic heterocycles. The van der Waals surface area contributed by atoms with E-state index < -0.39 is 17.5 Å². The number of anilines is 1. The number of esters is 1. The molecule has 1 atom stereocenters. The summed E-state index contributed by atoms with van der Waals surface area (Å²) in [6.07, 6.45) is 2.00. The van der Waals surface area contributed by atoms with Gasteiger partial charge in [0.2, 0.25) is 0 Å². The molecule has 0 aliphatic rings. The summed E-state index contributed by atoms with van der Waals surface area (Å²) in [6, 6.07) is 10.0. The third kappa shape index (κ3) is 4.89. The van der Waals surface area contributed by atoms with E-state index in [0.29, 0.717) is 29.8 Å². The van der Waals surface area contributed by atoms with Crippen LogP contribution in [0.15, 0.2) is 30.6 Å². The first-order valence-corrected chi connectivity index (χ1v) is 10.6. The fraction of sp³-hybridized carbons (Fsp3) is 0.417. The number of nitrogens with zero attached hydrogens (tertiary/aromatic N) is 4. The minimum absolute atomic E-state index is 0.00666. The van der Waals surface area contributed by atoms with Crippen molar-refractivity contribution in [2.75, 3.05) is 12.3 Å². The molecule has 0 saturated heterocycles. The number of carbonyl (C=O) groups excluding carboxylic acids is 1. The normalized spacial score (nSPS) is 12.5. The van der Waals surface area contributed by atoms with Gasteiger partial charge in [0.15, 0.2) is 0 Å². The van der Waals surface area contributed by atoms with Gasteiger partial charge in [0.1, 0.15) is 29.3 Å². The number of hydrogen-bond donors (Lipinski definition) is 2. The summed E-state index contributed by atoms with van der Waals surface area (Å²) in [7, 11) is 0. The van der Waals surface area contributed by atoms with Crippen molar-refractivity contribution in [2.45, 2.75) is 52.7 Å². The van der Waals surface area contributed by atoms with E-state index in [1.165, 1.54) is 6.33 Å². The topological polar surface area (TPSA) is 127 Å². The summed E-state index contributed by atoms with van der Waals surface area (Å²) in [6.45, 7) is 7.76. The number of nitrogens with two attached hydrogens (primary N) is 1. The molecule has 1 unspecified atom stereocenters. The smallest absolute Gasteiger partial charge is 0.324 e. The summed E-state index contributed by atoms with van der Waals surface area (Å²) in [5.74, 6) is -1.27. The number of aryl methyl sites for hydroxylation is 2. The number of carbonyl (C=O) groups is 1. The van der Waals surface area contributed by atoms with Gasteiger partial charge in [-0.05, 0) is 39.7 Å². The van der Waals surface area contributed by atoms with E-state index in [9.17, 15) is 15.2 Å². The van der Waals surface area contributed by atoms with Crippen LogP contribution < -0.4 is 5.73 Å². The molecular formula is C24H29N5O3. The van der Waals surface area contributed by atoms with Crippen molar-refractivity contribution in [3.8, 4) is 17.2 Å². The number of nitriles is 1. The van der Waals surface area contributed by atoms with Gasteiger partial charge in [-0.2, -0.15) is 5.26 Å². The Hall–Kier alpha value is -3.44. The number of aromatic nitrogens is 3. The highest BCUT2D eigenvalue weighted by molar-refractivity contribution is 6.02. The van der Waals surface area contributed by atoms with Gasteiger partial charge in [0.05, 0.1) is 11.5 Å². The van der Waals surface area contributed by atoms with E-state index in [-0.39, 0.29) is 13.0 Å². The molecular weight excluding hydrogens is 406 g/mol. The Bertz CT molecular complexity index is 1150. The van der Waals surface area contributed by atoms with Crippen LogP contribution in [-0.2, 0) is 22.5 Å². The van der Waals surface area contributed by atoms with E-state index in [4.69, 9.17) is 10.5 Å². The van der Waals surface area contributed by atoms with E-state index in [0.717, 1.165) is 22.4 Å². The van der Waals surface area contributed by atoms with E-state index in [2.05, 4.69) is 16.0 Å². The van der Waals surface area contributed by atoms with E-state index >= 15 is 0 Å². The molecule has 0 bridgehead atoms. The van der Waals surface area contributed by atoms with Crippen LogP contribution >= 0.6 is 0 Å². The first-order chi connectivity index (χ1) is 15.2. The second-order valence-corrected chi connectivity index (χ2v) is 8.79. The van der Waals surface area contributed by atoms with Gasteiger partial charge in [-0.25, -0.2) is 9.97 Å². The molecule has 3 N–H and O–H groups in total. The molecule has 0 saturated carbocycles. The molecule has 0 fully saturated rings. The Morgan fingerprint density at radius 3 is 2.56 bits per heavy atom. The molecule has 2 aromatic heterocycles. The van der Waals surface area contributed by atoms with Crippen LogP contribution in [0.5, 0.6) is 0 Å². The number of aliphatic hydroxyl groups is 1. The summed E-state index contributed by atoms with van der Waals surface area (Å²) in [5, 5.41) is 19.9. The number of ether oxygens (including phenoxy) is 1. The monoisotopic (exact) mass is 435 g/mol. The van der Waals surface area contributed by atoms with Crippen molar-refractivity contribution in [3.63, 3.8) is 0 Å². The van der Waals surface area contributed by atoms with Crippen LogP contribution in [0.1, 0.15) is 38.4 Å². The molecule has 168 valence electrons. The highest BCUT2D eigenvalue weighted by atomic mass is 16.6. The molecule has 0 aliphatic carbocycles. The molecule has 8 nitrogen and oxygen atoms in total. The van der Waals surface area contributed by atoms with Gasteiger partial charge in [0, 0.05) is 30.8 Å². The van der Waals surface area contributed by atoms with Crippen LogP contribution in [-0.4, -0.2) is 37.8 Å². The average Bonchev–Trinajstić information content (AvgIpc) is 3.04. The zero-order valence-electron chi connectivity index (χ0n) is 18.9. The Morgan fingerprint density at radius 2 is 1.97 bits per heavy atom. The highest BCUT2D eigenvalue weighted by Crippen LogP contribution is 2.38. The standard InChI is InChI=1S/C24H29N5O3/c1-15-6-8-16(9-7-15)19-18(12-17(13-25)23(31)32-24(2,3)4)29(10-5-11-30)22-20(19)21(26)27-14-28-22/h6-9,14,17,30H,5,10-12H2,1-4H3,(H2,26,27,28). The lowest BCUT2D eigenvalue weighted by molar-refractivity contribution is -0.157. The predicted molar refractivity (Wildman–Crippen MR) is 122 cm³/mol. The van der Waals surface area contributed by atoms with Crippen molar-refractivity contribution < 1.29 is 14.6 Å². The molecule has 3 aromatic rings. The number of benzene rings is 1. The van der Waals surface area contributed by atoms with Gasteiger partial charge in [-0.1, -0.05) is 29.8 Å². The maximum absolute atomic E-state index is 12.7. The van der Waals surface area contributed by atoms with Crippen molar-refractivity contribution in [2.24, 2.45) is 5.92 Å². The van der Waals surface area contributed by atoms with Crippen LogP contribution in [0, 0.1) is 24.2 Å². The molecule has 0 radical (unpaired) electrons. The first kappa shape index (κ1) is 23.2. The van der Waals surface area contributed by atoms with E-state index in [1.54, 1.807) is 20.8 Å². The lowest BCUT2D eigenvalue weighted by Gasteiger charge is -2.22. The second kappa shape index (κ2) is 9.37. The number of fused-ring (bicyclic) bond motifs is 1. The van der Waals surface area contributed by atoms with Gasteiger partial charge < -0.3 is 20.1 Å². The minimum Gasteiger partial charge on any atom is -0.459 e. The first-order valence-electron chi connectivity index (χ1n) is 10.6. The van der Waals surface area contributed by atoms with Crippen molar-refractivity contribution in [3.05, 3.63) is 41.9 Å². The molecule has 8 heteroatoms. The number of rotatable bonds is 7. The Labute approximate surface area is 187 Å². The molecule has 3 rings (SSSR count). The maximum atomic E-state index is 12.7. The predicted octanol–water partition coefficient (Wildman–Crippen LogP) is 3.40. The summed E-state index contributed by atoms with van der Waals surface area (Å²) < 4.78 is 7.40. The van der Waals surface area contributed by atoms with Crippen molar-refractivity contribution >= 4 is 22.8 Å². The summed E-state index contributed by atoms with van der Waals surface area (Å²) in [5.41, 5.74) is 9.70. The Balaban J connectivity index is 2.23. The molecule has 2 heterocycles. The summed E-state index contributed by atoms with van der Waals surface area (Å²) >= 11 is 0. The zero-order valence-corrected chi connectivity index (χ0v) is 18.9. The van der Waals surface area contributed by atoms with E-state index in [1.807, 2.05) is 35.8 Å². The van der Waals surface area contributed by atoms with Crippen LogP contribution in [0.2, 0.25) is 0 Å². The lowest BCUT2D eigenvalue weighted by atomic mass is 9.96. The van der Waals surface area contributed by atoms with Gasteiger partial charge in [-0.15, -0.1) is 0 Å². The molecule has 32 heavy (non-hydrogen) atoms. The Morgan fingerprint density at radius 1 is 1.28 bits per heavy atom. The number of aliphatic hydroxyl groups excluding tert-OH is 1. The molecule has 0 spiro atoms. The van der Waals surface area contributed by atoms with Crippen molar-refractivity contribution in [1.82, 2.24) is 14.5 Å². The summed E-state index contributed by atoms with van der Waals surface area (Å²) in [4.78, 5) is 21.4. The van der Waals surface area contributed by atoms with Crippen LogP contribution in [0.25, 0.3) is 22.2 Å². The molecule has 0 amide bonds. The minimum atomic E-state index is -1.01. The van der Waals surface area contributed by atoms with Crippen molar-refractivity contribution in [1.29, 1.82) is 5.26 Å². The average molecular weight is 436 g/mol. The quantitative estimate of drug-likeness (QED) is 0.545. The third-order valence-electron chi connectivity index (χ3n) is 5.10. The fourth-order valence-electron chi connectivity index (χ4n) is 3.70. The zero-order chi connectivity index (χ0) is 23.5. The van der Waals surface area contributed by atoms with Gasteiger partial charge in [-0.3, -0.25) is 4.79 Å². The largest absolute Gasteiger partial charge is 0.459 e. The fourth-order valence-corrected chi connectivity index (χ4v) is 3.70. The number of hydrogen-bond acceptors (Lipinski definition) is 7. The van der Waals surface area contributed by atoms with Crippen LogP contribution in [0.3, 0.4) is 0 Å². The van der Waals surface area contributed by atoms with Gasteiger partial charge in [0.25, 0.3) is 0 Å². The maximum Gasteiger partial charge on any atom is 0.324 e. The van der Waals surface area contributed by atoms with Gasteiger partial charge >= 0.3 is 5.97 Å².